The van der Waals surface area contributed by atoms with E-state index in [-0.39, 0.29) is 6.10 Å². The van der Waals surface area contributed by atoms with Crippen LogP contribution in [0.15, 0.2) is 24.3 Å². The van der Waals surface area contributed by atoms with Gasteiger partial charge in [0.15, 0.2) is 0 Å². The Bertz CT molecular complexity index is 397. The summed E-state index contributed by atoms with van der Waals surface area (Å²) in [5.74, 6) is 0.963. The van der Waals surface area contributed by atoms with Gasteiger partial charge in [-0.2, -0.15) is 0 Å². The van der Waals surface area contributed by atoms with Crippen molar-refractivity contribution in [3.05, 3.63) is 24.3 Å². The topological polar surface area (TPSA) is 33.7 Å². The molecule has 1 aromatic carbocycles. The minimum absolute atomic E-state index is 0.223. The maximum absolute atomic E-state index is 5.97. The molecule has 0 bridgehead atoms. The van der Waals surface area contributed by atoms with Crippen LogP contribution in [-0.4, -0.2) is 45.5 Å². The van der Waals surface area contributed by atoms with E-state index in [4.69, 9.17) is 9.47 Å². The molecule has 1 aromatic rings. The van der Waals surface area contributed by atoms with E-state index in [1.165, 1.54) is 12.1 Å². The molecule has 2 aliphatic rings. The standard InChI is InChI=1S/C15H22N2O2/c1-3-13(17-8-2-6-16-7-9-17)11-14(4-1)19-15-5-10-18-12-15/h1,3-4,11,15-16H,2,5-10,12H2. The van der Waals surface area contributed by atoms with Gasteiger partial charge in [0.1, 0.15) is 11.9 Å². The minimum Gasteiger partial charge on any atom is -0.488 e. The maximum atomic E-state index is 5.97. The smallest absolute Gasteiger partial charge is 0.124 e. The first-order valence-corrected chi connectivity index (χ1v) is 7.22. The number of nitrogens with zero attached hydrogens (tertiary/aromatic N) is 1. The number of nitrogens with one attached hydrogen (secondary N) is 1. The second-order valence-corrected chi connectivity index (χ2v) is 5.19. The Hall–Kier alpha value is -1.26. The van der Waals surface area contributed by atoms with Crippen molar-refractivity contribution in [3.63, 3.8) is 0 Å². The normalized spacial score (nSPS) is 24.2. The Balaban J connectivity index is 1.67. The maximum Gasteiger partial charge on any atom is 0.124 e. The number of rotatable bonds is 3. The highest BCUT2D eigenvalue weighted by Crippen LogP contribution is 2.24. The number of hydrogen-bond donors (Lipinski definition) is 1. The summed E-state index contributed by atoms with van der Waals surface area (Å²) in [6, 6.07) is 8.45. The summed E-state index contributed by atoms with van der Waals surface area (Å²) in [6.07, 6.45) is 2.42. The van der Waals surface area contributed by atoms with Crippen LogP contribution in [0.5, 0.6) is 5.75 Å². The molecule has 0 spiro atoms. The van der Waals surface area contributed by atoms with Gasteiger partial charge in [-0.3, -0.25) is 0 Å². The van der Waals surface area contributed by atoms with Gasteiger partial charge in [-0.05, 0) is 25.1 Å². The zero-order chi connectivity index (χ0) is 12.9. The summed E-state index contributed by atoms with van der Waals surface area (Å²) in [6.45, 7) is 5.90. The van der Waals surface area contributed by atoms with E-state index in [2.05, 4.69) is 28.4 Å². The summed E-state index contributed by atoms with van der Waals surface area (Å²) >= 11 is 0. The predicted molar refractivity (Wildman–Crippen MR) is 76.0 cm³/mol. The van der Waals surface area contributed by atoms with Crippen molar-refractivity contribution in [2.45, 2.75) is 18.9 Å². The Morgan fingerprint density at radius 2 is 2.26 bits per heavy atom. The van der Waals surface area contributed by atoms with Gasteiger partial charge >= 0.3 is 0 Å². The highest BCUT2D eigenvalue weighted by Gasteiger charge is 2.17. The van der Waals surface area contributed by atoms with Gasteiger partial charge in [0.25, 0.3) is 0 Å². The van der Waals surface area contributed by atoms with Gasteiger partial charge < -0.3 is 19.7 Å². The SMILES string of the molecule is c1cc(OC2CCOC2)cc(N2CCCNCC2)c1. The number of anilines is 1. The Labute approximate surface area is 114 Å². The molecule has 0 radical (unpaired) electrons. The molecule has 4 nitrogen and oxygen atoms in total. The van der Waals surface area contributed by atoms with E-state index in [0.29, 0.717) is 0 Å². The molecule has 2 aliphatic heterocycles. The second-order valence-electron chi connectivity index (χ2n) is 5.19. The summed E-state index contributed by atoms with van der Waals surface area (Å²) in [7, 11) is 0. The minimum atomic E-state index is 0.223. The molecule has 0 aliphatic carbocycles. The third-order valence-corrected chi connectivity index (χ3v) is 3.71. The molecule has 2 saturated heterocycles. The van der Waals surface area contributed by atoms with Crippen molar-refractivity contribution in [2.75, 3.05) is 44.3 Å². The van der Waals surface area contributed by atoms with E-state index >= 15 is 0 Å². The molecule has 0 amide bonds. The molecule has 2 heterocycles. The van der Waals surface area contributed by atoms with Crippen LogP contribution in [0, 0.1) is 0 Å². The fraction of sp³-hybridized carbons (Fsp3) is 0.600. The van der Waals surface area contributed by atoms with Crippen LogP contribution < -0.4 is 15.0 Å². The zero-order valence-corrected chi connectivity index (χ0v) is 11.3. The first kappa shape index (κ1) is 12.8. The summed E-state index contributed by atoms with van der Waals surface area (Å²) < 4.78 is 11.3. The second kappa shape index (κ2) is 6.26. The molecule has 104 valence electrons. The highest BCUT2D eigenvalue weighted by atomic mass is 16.5. The van der Waals surface area contributed by atoms with Crippen molar-refractivity contribution in [3.8, 4) is 5.75 Å². The average molecular weight is 262 g/mol. The fourth-order valence-corrected chi connectivity index (χ4v) is 2.66. The number of ether oxygens (including phenoxy) is 2. The van der Waals surface area contributed by atoms with Crippen molar-refractivity contribution in [1.82, 2.24) is 5.32 Å². The number of hydrogen-bond acceptors (Lipinski definition) is 4. The van der Waals surface area contributed by atoms with Gasteiger partial charge in [0.05, 0.1) is 13.2 Å². The van der Waals surface area contributed by atoms with Crippen LogP contribution in [0.2, 0.25) is 0 Å². The van der Waals surface area contributed by atoms with Gasteiger partial charge in [-0.25, -0.2) is 0 Å². The highest BCUT2D eigenvalue weighted by molar-refractivity contribution is 5.51. The first-order valence-electron chi connectivity index (χ1n) is 7.22. The van der Waals surface area contributed by atoms with Crippen LogP contribution >= 0.6 is 0 Å². The lowest BCUT2D eigenvalue weighted by Crippen LogP contribution is -2.27. The summed E-state index contributed by atoms with van der Waals surface area (Å²) in [5.41, 5.74) is 1.26. The molecular formula is C15H22N2O2. The third kappa shape index (κ3) is 3.39. The van der Waals surface area contributed by atoms with Gasteiger partial charge in [0, 0.05) is 37.8 Å². The molecule has 0 aromatic heterocycles. The molecule has 1 N–H and O–H groups in total. The van der Waals surface area contributed by atoms with Crippen LogP contribution in [0.3, 0.4) is 0 Å². The van der Waals surface area contributed by atoms with E-state index < -0.39 is 0 Å². The van der Waals surface area contributed by atoms with Crippen LogP contribution in [-0.2, 0) is 4.74 Å². The lowest BCUT2D eigenvalue weighted by atomic mass is 10.2. The summed E-state index contributed by atoms with van der Waals surface area (Å²) in [4.78, 5) is 2.43. The largest absolute Gasteiger partial charge is 0.488 e. The summed E-state index contributed by atoms with van der Waals surface area (Å²) in [5, 5.41) is 3.43. The quantitative estimate of drug-likeness (QED) is 0.898. The van der Waals surface area contributed by atoms with Crippen molar-refractivity contribution in [2.24, 2.45) is 0 Å². The zero-order valence-electron chi connectivity index (χ0n) is 11.3. The predicted octanol–water partition coefficient (Wildman–Crippen LogP) is 1.65. The molecule has 0 saturated carbocycles. The third-order valence-electron chi connectivity index (χ3n) is 3.71. The van der Waals surface area contributed by atoms with Crippen LogP contribution in [0.4, 0.5) is 5.69 Å². The lowest BCUT2D eigenvalue weighted by molar-refractivity contribution is 0.141. The Morgan fingerprint density at radius 3 is 3.16 bits per heavy atom. The monoisotopic (exact) mass is 262 g/mol. The molecular weight excluding hydrogens is 240 g/mol. The first-order chi connectivity index (χ1) is 9.42. The van der Waals surface area contributed by atoms with E-state index in [0.717, 1.165) is 51.6 Å². The van der Waals surface area contributed by atoms with Crippen molar-refractivity contribution >= 4 is 5.69 Å². The Morgan fingerprint density at radius 1 is 1.26 bits per heavy atom. The molecule has 3 rings (SSSR count). The van der Waals surface area contributed by atoms with Gasteiger partial charge in [-0.15, -0.1) is 0 Å². The molecule has 19 heavy (non-hydrogen) atoms. The molecule has 2 fully saturated rings. The van der Waals surface area contributed by atoms with Gasteiger partial charge in [0.2, 0.25) is 0 Å². The van der Waals surface area contributed by atoms with Crippen LogP contribution in [0.25, 0.3) is 0 Å². The van der Waals surface area contributed by atoms with Gasteiger partial charge in [-0.1, -0.05) is 6.07 Å². The molecule has 1 atom stereocenters. The average Bonchev–Trinajstić information content (AvgIpc) is 2.79. The molecule has 4 heteroatoms. The molecule has 1 unspecified atom stereocenters. The fourth-order valence-electron chi connectivity index (χ4n) is 2.66. The van der Waals surface area contributed by atoms with Crippen molar-refractivity contribution < 1.29 is 9.47 Å². The van der Waals surface area contributed by atoms with Crippen molar-refractivity contribution in [1.29, 1.82) is 0 Å². The van der Waals surface area contributed by atoms with E-state index in [9.17, 15) is 0 Å². The lowest BCUT2D eigenvalue weighted by Gasteiger charge is -2.23. The van der Waals surface area contributed by atoms with E-state index in [1.54, 1.807) is 0 Å². The number of benzene rings is 1. The Kier molecular flexibility index (Phi) is 4.20. The van der Waals surface area contributed by atoms with E-state index in [1.807, 2.05) is 6.07 Å². The van der Waals surface area contributed by atoms with Crippen LogP contribution in [0.1, 0.15) is 12.8 Å².